The van der Waals surface area contributed by atoms with E-state index in [0.717, 1.165) is 0 Å². The SMILES string of the molecule is C=CCC(C)NS(=O)(=O)c1cccnc1C#N. The number of hydrogen-bond donors (Lipinski definition) is 1. The van der Waals surface area contributed by atoms with Crippen molar-refractivity contribution >= 4 is 10.0 Å². The van der Waals surface area contributed by atoms with Crippen molar-refractivity contribution in [2.45, 2.75) is 24.3 Å². The van der Waals surface area contributed by atoms with E-state index < -0.39 is 10.0 Å². The summed E-state index contributed by atoms with van der Waals surface area (Å²) in [5, 5.41) is 8.80. The van der Waals surface area contributed by atoms with Crippen LogP contribution in [0.25, 0.3) is 0 Å². The molecule has 0 aromatic carbocycles. The molecule has 1 aromatic heterocycles. The Morgan fingerprint density at radius 1 is 1.71 bits per heavy atom. The Balaban J connectivity index is 3.06. The molecule has 0 saturated heterocycles. The molecule has 0 saturated carbocycles. The van der Waals surface area contributed by atoms with Crippen LogP contribution in [0.15, 0.2) is 35.9 Å². The molecule has 90 valence electrons. The van der Waals surface area contributed by atoms with Crippen molar-refractivity contribution in [3.63, 3.8) is 0 Å². The Morgan fingerprint density at radius 3 is 3.00 bits per heavy atom. The Kier molecular flexibility index (Phi) is 4.37. The summed E-state index contributed by atoms with van der Waals surface area (Å²) in [4.78, 5) is 3.62. The first kappa shape index (κ1) is 13.4. The maximum absolute atomic E-state index is 12.0. The topological polar surface area (TPSA) is 82.8 Å². The van der Waals surface area contributed by atoms with Crippen molar-refractivity contribution in [1.29, 1.82) is 5.26 Å². The lowest BCUT2D eigenvalue weighted by molar-refractivity contribution is 0.561. The molecule has 0 aliphatic heterocycles. The zero-order valence-electron chi connectivity index (χ0n) is 9.42. The number of rotatable bonds is 5. The highest BCUT2D eigenvalue weighted by molar-refractivity contribution is 7.89. The smallest absolute Gasteiger partial charge is 0.243 e. The standard InChI is InChI=1S/C11H13N3O2S/c1-3-5-9(2)14-17(15,16)11-6-4-7-13-10(11)8-12/h3-4,6-7,9,14H,1,5H2,2H3. The predicted octanol–water partition coefficient (Wildman–Crippen LogP) is 1.20. The third-order valence-corrected chi connectivity index (χ3v) is 3.66. The highest BCUT2D eigenvalue weighted by Crippen LogP contribution is 2.12. The third kappa shape index (κ3) is 3.37. The molecule has 6 heteroatoms. The highest BCUT2D eigenvalue weighted by atomic mass is 32.2. The molecule has 1 unspecified atom stereocenters. The average Bonchev–Trinajstić information content (AvgIpc) is 2.28. The minimum Gasteiger partial charge on any atom is -0.244 e. The van der Waals surface area contributed by atoms with Crippen LogP contribution in [0.3, 0.4) is 0 Å². The summed E-state index contributed by atoms with van der Waals surface area (Å²) in [6, 6.07) is 4.32. The zero-order chi connectivity index (χ0) is 12.9. The summed E-state index contributed by atoms with van der Waals surface area (Å²) in [6.07, 6.45) is 3.52. The maximum atomic E-state index is 12.0. The molecule has 17 heavy (non-hydrogen) atoms. The molecule has 0 bridgehead atoms. The second kappa shape index (κ2) is 5.57. The van der Waals surface area contributed by atoms with Gasteiger partial charge in [0.05, 0.1) is 0 Å². The number of sulfonamides is 1. The van der Waals surface area contributed by atoms with E-state index in [1.54, 1.807) is 19.1 Å². The zero-order valence-corrected chi connectivity index (χ0v) is 10.2. The molecule has 1 rings (SSSR count). The molecular weight excluding hydrogens is 238 g/mol. The van der Waals surface area contributed by atoms with Gasteiger partial charge in [0.1, 0.15) is 11.0 Å². The summed E-state index contributed by atoms with van der Waals surface area (Å²) in [6.45, 7) is 5.26. The van der Waals surface area contributed by atoms with Gasteiger partial charge in [-0.15, -0.1) is 6.58 Å². The largest absolute Gasteiger partial charge is 0.244 e. The van der Waals surface area contributed by atoms with Gasteiger partial charge in [0, 0.05) is 12.2 Å². The van der Waals surface area contributed by atoms with Crippen molar-refractivity contribution in [2.75, 3.05) is 0 Å². The normalized spacial score (nSPS) is 12.7. The van der Waals surface area contributed by atoms with Crippen molar-refractivity contribution < 1.29 is 8.42 Å². The number of nitrogens with zero attached hydrogens (tertiary/aromatic N) is 2. The van der Waals surface area contributed by atoms with Crippen molar-refractivity contribution in [1.82, 2.24) is 9.71 Å². The van der Waals surface area contributed by atoms with Gasteiger partial charge in [0.15, 0.2) is 5.69 Å². The average molecular weight is 251 g/mol. The fourth-order valence-corrected chi connectivity index (χ4v) is 2.68. The molecule has 0 amide bonds. The second-order valence-electron chi connectivity index (χ2n) is 3.51. The third-order valence-electron chi connectivity index (χ3n) is 2.04. The summed E-state index contributed by atoms with van der Waals surface area (Å²) >= 11 is 0. The van der Waals surface area contributed by atoms with Crippen LogP contribution in [0.2, 0.25) is 0 Å². The molecule has 5 nitrogen and oxygen atoms in total. The number of pyridine rings is 1. The van der Waals surface area contributed by atoms with Crippen LogP contribution in [0.1, 0.15) is 19.0 Å². The van der Waals surface area contributed by atoms with Crippen LogP contribution in [-0.2, 0) is 10.0 Å². The van der Waals surface area contributed by atoms with E-state index in [2.05, 4.69) is 16.3 Å². The Hall–Kier alpha value is -1.71. The summed E-state index contributed by atoms with van der Waals surface area (Å²) in [7, 11) is -3.71. The van der Waals surface area contributed by atoms with E-state index in [9.17, 15) is 8.42 Å². The van der Waals surface area contributed by atoms with Crippen LogP contribution in [0.5, 0.6) is 0 Å². The lowest BCUT2D eigenvalue weighted by Gasteiger charge is -2.12. The first-order chi connectivity index (χ1) is 8.01. The summed E-state index contributed by atoms with van der Waals surface area (Å²) in [5.74, 6) is 0. The molecule has 0 fully saturated rings. The van der Waals surface area contributed by atoms with Gasteiger partial charge < -0.3 is 0 Å². The number of hydrogen-bond acceptors (Lipinski definition) is 4. The van der Waals surface area contributed by atoms with Gasteiger partial charge in [-0.25, -0.2) is 18.1 Å². The number of aromatic nitrogens is 1. The van der Waals surface area contributed by atoms with Gasteiger partial charge in [-0.1, -0.05) is 6.08 Å². The van der Waals surface area contributed by atoms with Gasteiger partial charge >= 0.3 is 0 Å². The van der Waals surface area contributed by atoms with Crippen LogP contribution >= 0.6 is 0 Å². The van der Waals surface area contributed by atoms with E-state index in [0.29, 0.717) is 6.42 Å². The van der Waals surface area contributed by atoms with Crippen molar-refractivity contribution in [3.8, 4) is 6.07 Å². The van der Waals surface area contributed by atoms with Crippen LogP contribution < -0.4 is 4.72 Å². The van der Waals surface area contributed by atoms with E-state index in [4.69, 9.17) is 5.26 Å². The van der Waals surface area contributed by atoms with Crippen LogP contribution in [0.4, 0.5) is 0 Å². The molecule has 0 aliphatic carbocycles. The fraction of sp³-hybridized carbons (Fsp3) is 0.273. The predicted molar refractivity (Wildman–Crippen MR) is 63.5 cm³/mol. The van der Waals surface area contributed by atoms with Gasteiger partial charge in [-0.05, 0) is 25.5 Å². The monoisotopic (exact) mass is 251 g/mol. The molecule has 1 aromatic rings. The van der Waals surface area contributed by atoms with Gasteiger partial charge in [-0.2, -0.15) is 5.26 Å². The van der Waals surface area contributed by atoms with E-state index >= 15 is 0 Å². The quantitative estimate of drug-likeness (QED) is 0.797. The molecule has 0 spiro atoms. The Bertz CT molecular complexity index is 546. The van der Waals surface area contributed by atoms with Gasteiger partial charge in [0.2, 0.25) is 10.0 Å². The van der Waals surface area contributed by atoms with Crippen molar-refractivity contribution in [2.24, 2.45) is 0 Å². The minimum absolute atomic E-state index is 0.0987. The molecule has 0 radical (unpaired) electrons. The van der Waals surface area contributed by atoms with Gasteiger partial charge in [-0.3, -0.25) is 0 Å². The first-order valence-corrected chi connectivity index (χ1v) is 6.48. The lowest BCUT2D eigenvalue weighted by Crippen LogP contribution is -2.32. The summed E-state index contributed by atoms with van der Waals surface area (Å²) in [5.41, 5.74) is -0.106. The molecule has 1 atom stereocenters. The van der Waals surface area contributed by atoms with E-state index in [-0.39, 0.29) is 16.6 Å². The molecular formula is C11H13N3O2S. The van der Waals surface area contributed by atoms with Crippen LogP contribution in [-0.4, -0.2) is 19.4 Å². The Labute approximate surface area is 101 Å². The molecule has 1 heterocycles. The van der Waals surface area contributed by atoms with E-state index in [1.165, 1.54) is 18.3 Å². The molecule has 0 aliphatic rings. The first-order valence-electron chi connectivity index (χ1n) is 4.99. The maximum Gasteiger partial charge on any atom is 0.243 e. The fourth-order valence-electron chi connectivity index (χ4n) is 1.32. The molecule has 1 N–H and O–H groups in total. The number of nitriles is 1. The summed E-state index contributed by atoms with van der Waals surface area (Å²) < 4.78 is 26.4. The van der Waals surface area contributed by atoms with E-state index in [1.807, 2.05) is 0 Å². The van der Waals surface area contributed by atoms with Gasteiger partial charge in [0.25, 0.3) is 0 Å². The minimum atomic E-state index is -3.71. The second-order valence-corrected chi connectivity index (χ2v) is 5.19. The lowest BCUT2D eigenvalue weighted by atomic mass is 10.3. The van der Waals surface area contributed by atoms with Crippen molar-refractivity contribution in [3.05, 3.63) is 36.7 Å². The number of nitrogens with one attached hydrogen (secondary N) is 1. The highest BCUT2D eigenvalue weighted by Gasteiger charge is 2.20. The van der Waals surface area contributed by atoms with Crippen LogP contribution in [0, 0.1) is 11.3 Å². The Morgan fingerprint density at radius 2 is 2.41 bits per heavy atom.